The molecule has 0 unspecified atom stereocenters. The summed E-state index contributed by atoms with van der Waals surface area (Å²) in [6, 6.07) is 7.73. The number of H-pyrrole nitrogens is 2. The van der Waals surface area contributed by atoms with E-state index in [9.17, 15) is 4.79 Å². The number of methoxy groups -OCH3 is 1. The highest BCUT2D eigenvalue weighted by molar-refractivity contribution is 7.71. The van der Waals surface area contributed by atoms with Gasteiger partial charge in [0.05, 0.1) is 18.2 Å². The van der Waals surface area contributed by atoms with Crippen LogP contribution in [0.5, 0.6) is 5.75 Å². The number of fused-ring (bicyclic) bond motifs is 2. The number of halogens is 1. The van der Waals surface area contributed by atoms with Crippen LogP contribution >= 0.6 is 23.8 Å². The van der Waals surface area contributed by atoms with E-state index in [-0.39, 0.29) is 5.56 Å². The molecule has 4 rings (SSSR count). The average molecular weight is 389 g/mol. The molecule has 0 amide bonds. The fourth-order valence-corrected chi connectivity index (χ4v) is 3.72. The number of aromatic nitrogens is 3. The molecule has 1 aliphatic rings. The van der Waals surface area contributed by atoms with Crippen LogP contribution in [0.1, 0.15) is 16.8 Å². The summed E-state index contributed by atoms with van der Waals surface area (Å²) in [6.45, 7) is 1.98. The Hall–Kier alpha value is -2.22. The zero-order valence-corrected chi connectivity index (χ0v) is 15.7. The number of nitrogens with zero attached hydrogens (tertiary/aromatic N) is 2. The van der Waals surface area contributed by atoms with Crippen molar-refractivity contribution < 1.29 is 4.74 Å². The van der Waals surface area contributed by atoms with E-state index in [0.29, 0.717) is 23.0 Å². The summed E-state index contributed by atoms with van der Waals surface area (Å²) in [4.78, 5) is 24.6. The number of hydrogen-bond acceptors (Lipinski definition) is 5. The SMILES string of the molecule is COc1ccc2nc(Cl)c(CN3CCc4[nH]c(=S)[nH]c(=O)c4C3)cc2c1. The van der Waals surface area contributed by atoms with Gasteiger partial charge in [0.1, 0.15) is 10.9 Å². The van der Waals surface area contributed by atoms with Gasteiger partial charge in [-0.05, 0) is 36.5 Å². The highest BCUT2D eigenvalue weighted by atomic mass is 35.5. The molecule has 26 heavy (non-hydrogen) atoms. The Morgan fingerprint density at radius 1 is 1.35 bits per heavy atom. The summed E-state index contributed by atoms with van der Waals surface area (Å²) in [5.74, 6) is 0.779. The van der Waals surface area contributed by atoms with E-state index in [0.717, 1.165) is 46.4 Å². The molecule has 0 aliphatic carbocycles. The Kier molecular flexibility index (Phi) is 4.52. The maximum Gasteiger partial charge on any atom is 0.256 e. The second kappa shape index (κ2) is 6.83. The molecule has 0 spiro atoms. The maximum atomic E-state index is 12.2. The van der Waals surface area contributed by atoms with Crippen LogP contribution < -0.4 is 10.3 Å². The first kappa shape index (κ1) is 17.2. The standard InChI is InChI=1S/C18H17ClN4O2S/c1-25-12-2-3-14-10(7-12)6-11(16(19)20-14)8-23-5-4-15-13(9-23)17(24)22-18(26)21-15/h2-3,6-7H,4-5,8-9H2,1H3,(H2,21,22,24,26). The smallest absolute Gasteiger partial charge is 0.256 e. The third-order valence-corrected chi connectivity index (χ3v) is 5.16. The van der Waals surface area contributed by atoms with Crippen molar-refractivity contribution in [2.75, 3.05) is 13.7 Å². The number of benzene rings is 1. The Morgan fingerprint density at radius 2 is 2.19 bits per heavy atom. The van der Waals surface area contributed by atoms with Gasteiger partial charge in [-0.25, -0.2) is 4.98 Å². The fraction of sp³-hybridized carbons (Fsp3) is 0.278. The molecule has 1 aliphatic heterocycles. The quantitative estimate of drug-likeness (QED) is 0.532. The van der Waals surface area contributed by atoms with E-state index >= 15 is 0 Å². The molecule has 134 valence electrons. The van der Waals surface area contributed by atoms with Crippen molar-refractivity contribution in [1.29, 1.82) is 0 Å². The van der Waals surface area contributed by atoms with Crippen LogP contribution in [0.25, 0.3) is 10.9 Å². The highest BCUT2D eigenvalue weighted by Gasteiger charge is 2.21. The van der Waals surface area contributed by atoms with Crippen molar-refractivity contribution in [3.8, 4) is 5.75 Å². The highest BCUT2D eigenvalue weighted by Crippen LogP contribution is 2.26. The van der Waals surface area contributed by atoms with Crippen LogP contribution in [0.2, 0.25) is 5.15 Å². The Labute approximate surface area is 159 Å². The number of rotatable bonds is 3. The van der Waals surface area contributed by atoms with Crippen LogP contribution in [0.15, 0.2) is 29.1 Å². The minimum atomic E-state index is -0.124. The van der Waals surface area contributed by atoms with E-state index in [2.05, 4.69) is 19.9 Å². The zero-order chi connectivity index (χ0) is 18.3. The van der Waals surface area contributed by atoms with Gasteiger partial charge in [-0.1, -0.05) is 11.6 Å². The van der Waals surface area contributed by atoms with Gasteiger partial charge in [0.15, 0.2) is 4.77 Å². The van der Waals surface area contributed by atoms with Crippen molar-refractivity contribution in [2.45, 2.75) is 19.5 Å². The van der Waals surface area contributed by atoms with Crippen LogP contribution in [-0.2, 0) is 19.5 Å². The predicted molar refractivity (Wildman–Crippen MR) is 103 cm³/mol. The largest absolute Gasteiger partial charge is 0.497 e. The molecule has 0 atom stereocenters. The minimum Gasteiger partial charge on any atom is -0.497 e. The molecular formula is C18H17ClN4O2S. The molecule has 0 saturated carbocycles. The number of hydrogen-bond donors (Lipinski definition) is 2. The molecule has 3 heterocycles. The molecule has 0 saturated heterocycles. The maximum absolute atomic E-state index is 12.2. The molecule has 1 aromatic carbocycles. The van der Waals surface area contributed by atoms with Crippen molar-refractivity contribution in [1.82, 2.24) is 19.9 Å². The predicted octanol–water partition coefficient (Wildman–Crippen LogP) is 3.20. The minimum absolute atomic E-state index is 0.124. The fourth-order valence-electron chi connectivity index (χ4n) is 3.30. The van der Waals surface area contributed by atoms with Crippen LogP contribution in [0, 0.1) is 4.77 Å². The third-order valence-electron chi connectivity index (χ3n) is 4.63. The summed E-state index contributed by atoms with van der Waals surface area (Å²) in [5, 5.41) is 1.46. The van der Waals surface area contributed by atoms with Gasteiger partial charge in [0, 0.05) is 42.7 Å². The topological polar surface area (TPSA) is 74.0 Å². The monoisotopic (exact) mass is 388 g/mol. The molecule has 2 N–H and O–H groups in total. The number of ether oxygens (including phenoxy) is 1. The average Bonchev–Trinajstić information content (AvgIpc) is 2.62. The molecule has 2 aromatic heterocycles. The molecule has 8 heteroatoms. The zero-order valence-electron chi connectivity index (χ0n) is 14.1. The van der Waals surface area contributed by atoms with E-state index in [1.807, 2.05) is 24.3 Å². The molecule has 0 radical (unpaired) electrons. The van der Waals surface area contributed by atoms with Crippen molar-refractivity contribution >= 4 is 34.7 Å². The first-order valence-electron chi connectivity index (χ1n) is 8.23. The lowest BCUT2D eigenvalue weighted by Crippen LogP contribution is -2.35. The lowest BCUT2D eigenvalue weighted by molar-refractivity contribution is 0.241. The lowest BCUT2D eigenvalue weighted by Gasteiger charge is -2.28. The van der Waals surface area contributed by atoms with Crippen molar-refractivity contribution in [3.05, 3.63) is 61.4 Å². The van der Waals surface area contributed by atoms with E-state index < -0.39 is 0 Å². The first-order valence-corrected chi connectivity index (χ1v) is 9.02. The number of nitrogens with one attached hydrogen (secondary N) is 2. The van der Waals surface area contributed by atoms with E-state index in [4.69, 9.17) is 28.6 Å². The second-order valence-corrected chi connectivity index (χ2v) is 7.09. The first-order chi connectivity index (χ1) is 12.5. The van der Waals surface area contributed by atoms with Crippen molar-refractivity contribution in [3.63, 3.8) is 0 Å². The van der Waals surface area contributed by atoms with Gasteiger partial charge in [-0.15, -0.1) is 0 Å². The summed E-state index contributed by atoms with van der Waals surface area (Å²) in [6.07, 6.45) is 0.745. The van der Waals surface area contributed by atoms with Crippen LogP contribution in [0.3, 0.4) is 0 Å². The van der Waals surface area contributed by atoms with E-state index in [1.165, 1.54) is 0 Å². The Bertz CT molecular complexity index is 1110. The third kappa shape index (κ3) is 3.25. The molecule has 0 fully saturated rings. The summed E-state index contributed by atoms with van der Waals surface area (Å²) < 4.78 is 5.66. The van der Waals surface area contributed by atoms with Gasteiger partial charge in [-0.3, -0.25) is 14.7 Å². The van der Waals surface area contributed by atoms with Crippen LogP contribution in [0.4, 0.5) is 0 Å². The Morgan fingerprint density at radius 3 is 3.00 bits per heavy atom. The summed E-state index contributed by atoms with van der Waals surface area (Å²) in [5.41, 5.74) is 3.28. The molecule has 3 aromatic rings. The molecule has 0 bridgehead atoms. The molecular weight excluding hydrogens is 372 g/mol. The van der Waals surface area contributed by atoms with Crippen LogP contribution in [-0.4, -0.2) is 33.5 Å². The molecule has 6 nitrogen and oxygen atoms in total. The second-order valence-electron chi connectivity index (χ2n) is 6.32. The summed E-state index contributed by atoms with van der Waals surface area (Å²) in [7, 11) is 1.64. The Balaban J connectivity index is 1.64. The number of aromatic amines is 2. The van der Waals surface area contributed by atoms with Gasteiger partial charge < -0.3 is 9.72 Å². The van der Waals surface area contributed by atoms with Gasteiger partial charge in [-0.2, -0.15) is 0 Å². The lowest BCUT2D eigenvalue weighted by atomic mass is 10.1. The van der Waals surface area contributed by atoms with E-state index in [1.54, 1.807) is 7.11 Å². The number of pyridine rings is 1. The van der Waals surface area contributed by atoms with Gasteiger partial charge >= 0.3 is 0 Å². The van der Waals surface area contributed by atoms with Crippen molar-refractivity contribution in [2.24, 2.45) is 0 Å². The summed E-state index contributed by atoms with van der Waals surface area (Å²) >= 11 is 11.4. The van der Waals surface area contributed by atoms with Gasteiger partial charge in [0.2, 0.25) is 0 Å². The normalized spacial score (nSPS) is 14.4. The van der Waals surface area contributed by atoms with Gasteiger partial charge in [0.25, 0.3) is 5.56 Å².